The maximum absolute atomic E-state index is 5.25. The number of nitrogens with one attached hydrogen (secondary N) is 1. The highest BCUT2D eigenvalue weighted by Crippen LogP contribution is 2.06. The highest BCUT2D eigenvalue weighted by Gasteiger charge is 2.06. The molecule has 0 aliphatic rings. The predicted octanol–water partition coefficient (Wildman–Crippen LogP) is 3.22. The van der Waals surface area contributed by atoms with Crippen LogP contribution in [0, 0.1) is 0 Å². The fourth-order valence-electron chi connectivity index (χ4n) is 1.80. The number of guanidine groups is 1. The summed E-state index contributed by atoms with van der Waals surface area (Å²) in [6, 6.07) is 1.96. The minimum Gasteiger partial charge on any atom is -0.359 e. The van der Waals surface area contributed by atoms with Crippen LogP contribution in [-0.4, -0.2) is 36.2 Å². The summed E-state index contributed by atoms with van der Waals surface area (Å²) in [6.45, 7) is 10.2. The Kier molecular flexibility index (Phi) is 11.0. The van der Waals surface area contributed by atoms with E-state index in [-0.39, 0.29) is 24.0 Å². The van der Waals surface area contributed by atoms with Crippen molar-refractivity contribution in [3.05, 3.63) is 30.2 Å². The molecule has 1 aromatic rings. The van der Waals surface area contributed by atoms with Crippen molar-refractivity contribution in [1.29, 1.82) is 0 Å². The van der Waals surface area contributed by atoms with Gasteiger partial charge in [-0.25, -0.2) is 4.99 Å². The number of halogens is 1. The van der Waals surface area contributed by atoms with Gasteiger partial charge >= 0.3 is 0 Å². The van der Waals surface area contributed by atoms with E-state index in [0.717, 1.165) is 49.8 Å². The van der Waals surface area contributed by atoms with Gasteiger partial charge in [-0.05, 0) is 26.2 Å². The number of aryl methyl sites for hydroxylation is 1. The number of allylic oxidation sites excluding steroid dienone is 1. The number of unbranched alkanes of at least 4 members (excludes halogenated alkanes) is 1. The van der Waals surface area contributed by atoms with E-state index in [2.05, 4.69) is 40.8 Å². The van der Waals surface area contributed by atoms with Crippen LogP contribution in [0.15, 0.2) is 28.2 Å². The summed E-state index contributed by atoms with van der Waals surface area (Å²) < 4.78 is 5.25. The van der Waals surface area contributed by atoms with Crippen LogP contribution in [0.1, 0.15) is 38.1 Å². The van der Waals surface area contributed by atoms with Gasteiger partial charge in [-0.1, -0.05) is 18.2 Å². The summed E-state index contributed by atoms with van der Waals surface area (Å²) in [5, 5.41) is 7.26. The molecule has 0 saturated heterocycles. The highest BCUT2D eigenvalue weighted by molar-refractivity contribution is 14.0. The normalized spacial score (nSPS) is 10.9. The number of nitrogens with zero attached hydrogens (tertiary/aromatic N) is 3. The molecule has 0 aliphatic heterocycles. The summed E-state index contributed by atoms with van der Waals surface area (Å²) in [4.78, 5) is 6.71. The lowest BCUT2D eigenvalue weighted by atomic mass is 10.3. The van der Waals surface area contributed by atoms with E-state index < -0.39 is 0 Å². The van der Waals surface area contributed by atoms with Crippen molar-refractivity contribution in [2.45, 2.75) is 39.7 Å². The Morgan fingerprint density at radius 1 is 1.52 bits per heavy atom. The fourth-order valence-corrected chi connectivity index (χ4v) is 1.80. The molecule has 1 N–H and O–H groups in total. The molecule has 5 nitrogen and oxygen atoms in total. The Balaban J connectivity index is 0.00000400. The first-order valence-electron chi connectivity index (χ1n) is 7.26. The molecule has 1 rings (SSSR count). The van der Waals surface area contributed by atoms with Gasteiger partial charge in [-0.2, -0.15) is 0 Å². The van der Waals surface area contributed by atoms with E-state index in [1.54, 1.807) is 0 Å². The molecule has 0 radical (unpaired) electrons. The molecule has 0 atom stereocenters. The van der Waals surface area contributed by atoms with E-state index in [9.17, 15) is 0 Å². The van der Waals surface area contributed by atoms with E-state index in [1.165, 1.54) is 0 Å². The van der Waals surface area contributed by atoms with Crippen molar-refractivity contribution < 1.29 is 4.52 Å². The predicted molar refractivity (Wildman–Crippen MR) is 98.2 cm³/mol. The van der Waals surface area contributed by atoms with Gasteiger partial charge in [0.25, 0.3) is 0 Å². The van der Waals surface area contributed by atoms with Gasteiger partial charge in [-0.3, -0.25) is 0 Å². The second-order valence-corrected chi connectivity index (χ2v) is 4.66. The van der Waals surface area contributed by atoms with E-state index >= 15 is 0 Å². The Morgan fingerprint density at radius 2 is 2.29 bits per heavy atom. The van der Waals surface area contributed by atoms with E-state index in [4.69, 9.17) is 4.52 Å². The standard InChI is InChI=1S/C15H26N4O.HI/c1-5-8-9-10-19(4)15(16-7-3)17-12-14-11-13(6-2)18-20-14;/h5,11H,1,6-10,12H2,2-4H3,(H,16,17);1H. The maximum atomic E-state index is 5.25. The van der Waals surface area contributed by atoms with Gasteiger partial charge in [-0.15, -0.1) is 30.6 Å². The molecule has 6 heteroatoms. The largest absolute Gasteiger partial charge is 0.359 e. The van der Waals surface area contributed by atoms with Crippen LogP contribution in [0.5, 0.6) is 0 Å². The zero-order chi connectivity index (χ0) is 14.8. The van der Waals surface area contributed by atoms with Gasteiger partial charge in [0.15, 0.2) is 11.7 Å². The van der Waals surface area contributed by atoms with Crippen LogP contribution in [0.3, 0.4) is 0 Å². The maximum Gasteiger partial charge on any atom is 0.194 e. The summed E-state index contributed by atoms with van der Waals surface area (Å²) in [5.41, 5.74) is 0.972. The molecule has 0 fully saturated rings. The van der Waals surface area contributed by atoms with Crippen molar-refractivity contribution in [3.8, 4) is 0 Å². The van der Waals surface area contributed by atoms with Crippen LogP contribution >= 0.6 is 24.0 Å². The molecule has 0 unspecified atom stereocenters. The van der Waals surface area contributed by atoms with Gasteiger partial charge in [0.1, 0.15) is 6.54 Å². The van der Waals surface area contributed by atoms with Crippen molar-refractivity contribution in [3.63, 3.8) is 0 Å². The third-order valence-electron chi connectivity index (χ3n) is 2.95. The van der Waals surface area contributed by atoms with Crippen LogP contribution in [-0.2, 0) is 13.0 Å². The monoisotopic (exact) mass is 406 g/mol. The number of aromatic nitrogens is 1. The molecular weight excluding hydrogens is 379 g/mol. The summed E-state index contributed by atoms with van der Waals surface area (Å²) in [7, 11) is 2.04. The Labute approximate surface area is 144 Å². The highest BCUT2D eigenvalue weighted by atomic mass is 127. The first-order chi connectivity index (χ1) is 9.71. The van der Waals surface area contributed by atoms with Crippen molar-refractivity contribution in [2.24, 2.45) is 4.99 Å². The first kappa shape index (κ1) is 19.9. The Hall–Kier alpha value is -1.05. The summed E-state index contributed by atoms with van der Waals surface area (Å²) in [5.74, 6) is 1.70. The lowest BCUT2D eigenvalue weighted by Gasteiger charge is -2.21. The first-order valence-corrected chi connectivity index (χ1v) is 7.26. The fraction of sp³-hybridized carbons (Fsp3) is 0.600. The number of hydrogen-bond donors (Lipinski definition) is 1. The van der Waals surface area contributed by atoms with Crippen LogP contribution in [0.2, 0.25) is 0 Å². The van der Waals surface area contributed by atoms with Crippen molar-refractivity contribution in [2.75, 3.05) is 20.1 Å². The van der Waals surface area contributed by atoms with Crippen LogP contribution in [0.4, 0.5) is 0 Å². The van der Waals surface area contributed by atoms with Gasteiger partial charge in [0.2, 0.25) is 0 Å². The van der Waals surface area contributed by atoms with E-state index in [0.29, 0.717) is 6.54 Å². The molecule has 0 bridgehead atoms. The van der Waals surface area contributed by atoms with Crippen molar-refractivity contribution in [1.82, 2.24) is 15.4 Å². The molecule has 21 heavy (non-hydrogen) atoms. The average Bonchev–Trinajstić information content (AvgIpc) is 2.91. The Bertz CT molecular complexity index is 431. The second-order valence-electron chi connectivity index (χ2n) is 4.66. The molecule has 0 amide bonds. The number of rotatable bonds is 8. The molecular formula is C15H27IN4O. The van der Waals surface area contributed by atoms with Crippen LogP contribution in [0.25, 0.3) is 0 Å². The molecule has 0 aliphatic carbocycles. The molecule has 0 aromatic carbocycles. The summed E-state index contributed by atoms with van der Waals surface area (Å²) >= 11 is 0. The second kappa shape index (κ2) is 11.6. The molecule has 120 valence electrons. The van der Waals surface area contributed by atoms with Gasteiger partial charge in [0.05, 0.1) is 5.69 Å². The smallest absolute Gasteiger partial charge is 0.194 e. The minimum absolute atomic E-state index is 0. The minimum atomic E-state index is 0. The lowest BCUT2D eigenvalue weighted by Crippen LogP contribution is -2.39. The van der Waals surface area contributed by atoms with Crippen LogP contribution < -0.4 is 5.32 Å². The number of aliphatic imine (C=N–C) groups is 1. The number of hydrogen-bond acceptors (Lipinski definition) is 3. The SMILES string of the molecule is C=CCCCN(C)C(=NCc1cc(CC)no1)NCC.I. The van der Waals surface area contributed by atoms with Gasteiger partial charge < -0.3 is 14.7 Å². The average molecular weight is 406 g/mol. The zero-order valence-corrected chi connectivity index (χ0v) is 15.6. The third kappa shape index (κ3) is 7.50. The summed E-state index contributed by atoms with van der Waals surface area (Å²) in [6.07, 6.45) is 4.92. The zero-order valence-electron chi connectivity index (χ0n) is 13.3. The lowest BCUT2D eigenvalue weighted by molar-refractivity contribution is 0.378. The topological polar surface area (TPSA) is 53.7 Å². The molecule has 1 aromatic heterocycles. The molecule has 1 heterocycles. The quantitative estimate of drug-likeness (QED) is 0.237. The molecule has 0 spiro atoms. The van der Waals surface area contributed by atoms with Gasteiger partial charge in [0, 0.05) is 26.2 Å². The molecule has 0 saturated carbocycles. The third-order valence-corrected chi connectivity index (χ3v) is 2.95. The Morgan fingerprint density at radius 3 is 2.86 bits per heavy atom. The van der Waals surface area contributed by atoms with Crippen molar-refractivity contribution >= 4 is 29.9 Å². The van der Waals surface area contributed by atoms with E-state index in [1.807, 2.05) is 19.2 Å².